The van der Waals surface area contributed by atoms with Gasteiger partial charge in [-0.1, -0.05) is 32.6 Å². The highest BCUT2D eigenvalue weighted by Crippen LogP contribution is 2.45. The van der Waals surface area contributed by atoms with E-state index in [1.54, 1.807) is 5.01 Å². The number of hydrogen-bond acceptors (Lipinski definition) is 4. The van der Waals surface area contributed by atoms with Gasteiger partial charge < -0.3 is 9.84 Å². The summed E-state index contributed by atoms with van der Waals surface area (Å²) in [6.45, 7) is 2.90. The highest BCUT2D eigenvalue weighted by Gasteiger charge is 2.48. The number of fused-ring (bicyclic) bond motifs is 2. The van der Waals surface area contributed by atoms with Crippen LogP contribution in [0.5, 0.6) is 0 Å². The third-order valence-electron chi connectivity index (χ3n) is 5.95. The number of ether oxygens (including phenoxy) is 1. The van der Waals surface area contributed by atoms with Crippen LogP contribution in [0.15, 0.2) is 0 Å². The number of hydrazine groups is 1. The Balaban J connectivity index is 1.70. The topological polar surface area (TPSA) is 78.9 Å². The minimum atomic E-state index is -0.699. The van der Waals surface area contributed by atoms with E-state index in [4.69, 9.17) is 9.84 Å². The van der Waals surface area contributed by atoms with E-state index >= 15 is 0 Å². The van der Waals surface area contributed by atoms with Gasteiger partial charge in [-0.15, -0.1) is 0 Å². The first-order valence-corrected chi connectivity index (χ1v) is 10.4. The van der Waals surface area contributed by atoms with Crippen LogP contribution in [0, 0.1) is 11.8 Å². The van der Waals surface area contributed by atoms with Gasteiger partial charge in [0.05, 0.1) is 12.2 Å². The van der Waals surface area contributed by atoms with Gasteiger partial charge in [-0.05, 0) is 38.0 Å². The van der Waals surface area contributed by atoms with E-state index in [0.29, 0.717) is 30.5 Å². The number of nitrogens with one attached hydrogen (secondary N) is 1. The molecule has 6 heteroatoms. The molecule has 2 aliphatic rings. The van der Waals surface area contributed by atoms with Crippen LogP contribution in [0.4, 0.5) is 0 Å². The molecule has 2 N–H and O–H groups in total. The molecule has 0 radical (unpaired) electrons. The van der Waals surface area contributed by atoms with E-state index in [2.05, 4.69) is 12.3 Å². The van der Waals surface area contributed by atoms with Gasteiger partial charge in [-0.2, -0.15) is 0 Å². The van der Waals surface area contributed by atoms with Crippen molar-refractivity contribution < 1.29 is 19.4 Å². The predicted molar refractivity (Wildman–Crippen MR) is 101 cm³/mol. The maximum absolute atomic E-state index is 12.1. The molecule has 2 heterocycles. The molecule has 0 saturated carbocycles. The van der Waals surface area contributed by atoms with Gasteiger partial charge in [0.25, 0.3) is 0 Å². The van der Waals surface area contributed by atoms with Crippen molar-refractivity contribution in [2.75, 3.05) is 13.6 Å². The van der Waals surface area contributed by atoms with Gasteiger partial charge in [-0.3, -0.25) is 14.6 Å². The molecular weight excluding hydrogens is 332 g/mol. The molecule has 1 amide bonds. The zero-order chi connectivity index (χ0) is 18.9. The van der Waals surface area contributed by atoms with Crippen LogP contribution in [0.2, 0.25) is 0 Å². The summed E-state index contributed by atoms with van der Waals surface area (Å²) in [5.74, 6) is 0.509. The Kier molecular flexibility index (Phi) is 8.85. The second-order valence-electron chi connectivity index (χ2n) is 7.88. The van der Waals surface area contributed by atoms with Crippen LogP contribution in [0.25, 0.3) is 0 Å². The molecule has 0 aromatic heterocycles. The second-order valence-corrected chi connectivity index (χ2v) is 7.88. The Morgan fingerprint density at radius 2 is 1.73 bits per heavy atom. The van der Waals surface area contributed by atoms with Crippen molar-refractivity contribution in [2.45, 2.75) is 89.8 Å². The highest BCUT2D eigenvalue weighted by atomic mass is 16.5. The summed E-state index contributed by atoms with van der Waals surface area (Å²) in [5.41, 5.74) is 3.31. The van der Waals surface area contributed by atoms with Crippen LogP contribution in [0.1, 0.15) is 77.6 Å². The van der Waals surface area contributed by atoms with Gasteiger partial charge in [0.15, 0.2) is 0 Å². The van der Waals surface area contributed by atoms with Gasteiger partial charge in [0.2, 0.25) is 5.91 Å². The molecule has 26 heavy (non-hydrogen) atoms. The van der Waals surface area contributed by atoms with E-state index in [9.17, 15) is 9.59 Å². The number of rotatable bonds is 13. The standard InChI is InChI=1S/C20H36N2O4/c1-3-4-10-19(23)22(2)21-14-16-15(17-12-13-18(16)26-17)9-7-5-6-8-11-20(24)25/h15-18,21H,3-14H2,1-2H3,(H,24,25). The predicted octanol–water partition coefficient (Wildman–Crippen LogP) is 3.36. The molecule has 0 aromatic rings. The van der Waals surface area contributed by atoms with Crippen molar-refractivity contribution in [1.82, 2.24) is 10.4 Å². The van der Waals surface area contributed by atoms with Crippen molar-refractivity contribution in [1.29, 1.82) is 0 Å². The number of hydrogen-bond donors (Lipinski definition) is 2. The maximum atomic E-state index is 12.1. The molecule has 2 rings (SSSR count). The molecule has 4 atom stereocenters. The summed E-state index contributed by atoms with van der Waals surface area (Å²) in [5, 5.41) is 10.3. The molecular formula is C20H36N2O4. The van der Waals surface area contributed by atoms with Crippen LogP contribution < -0.4 is 5.43 Å². The number of carbonyl (C=O) groups excluding carboxylic acids is 1. The van der Waals surface area contributed by atoms with Crippen molar-refractivity contribution in [2.24, 2.45) is 11.8 Å². The first kappa shape index (κ1) is 21.2. The average molecular weight is 369 g/mol. The van der Waals surface area contributed by atoms with Crippen molar-refractivity contribution in [3.8, 4) is 0 Å². The quantitative estimate of drug-likeness (QED) is 0.385. The molecule has 6 nitrogen and oxygen atoms in total. The van der Waals surface area contributed by atoms with Gasteiger partial charge >= 0.3 is 5.97 Å². The fraction of sp³-hybridized carbons (Fsp3) is 0.900. The zero-order valence-corrected chi connectivity index (χ0v) is 16.4. The SMILES string of the molecule is CCCCC(=O)N(C)NCC1C2CCC(O2)C1CCCCCCC(=O)O. The minimum absolute atomic E-state index is 0.158. The van der Waals surface area contributed by atoms with E-state index in [1.807, 2.05) is 7.05 Å². The van der Waals surface area contributed by atoms with E-state index in [0.717, 1.165) is 64.3 Å². The minimum Gasteiger partial charge on any atom is -0.481 e. The molecule has 2 bridgehead atoms. The molecule has 0 spiro atoms. The number of carboxylic acids is 1. The van der Waals surface area contributed by atoms with E-state index < -0.39 is 5.97 Å². The molecule has 2 fully saturated rings. The normalized spacial score (nSPS) is 27.0. The number of unbranched alkanes of at least 4 members (excludes halogenated alkanes) is 4. The number of aliphatic carboxylic acids is 1. The molecule has 150 valence electrons. The van der Waals surface area contributed by atoms with Crippen LogP contribution in [-0.4, -0.2) is 47.8 Å². The largest absolute Gasteiger partial charge is 0.481 e. The van der Waals surface area contributed by atoms with Crippen LogP contribution in [-0.2, 0) is 14.3 Å². The lowest BCUT2D eigenvalue weighted by atomic mass is 9.76. The lowest BCUT2D eigenvalue weighted by molar-refractivity contribution is -0.137. The number of carboxylic acid groups (broad SMARTS) is 1. The second kappa shape index (κ2) is 10.9. The van der Waals surface area contributed by atoms with Gasteiger partial charge in [0, 0.05) is 32.4 Å². The summed E-state index contributed by atoms with van der Waals surface area (Å²) in [6, 6.07) is 0. The average Bonchev–Trinajstić information content (AvgIpc) is 3.21. The maximum Gasteiger partial charge on any atom is 0.303 e. The Morgan fingerprint density at radius 1 is 1.04 bits per heavy atom. The smallest absolute Gasteiger partial charge is 0.303 e. The summed E-state index contributed by atoms with van der Waals surface area (Å²) in [6.07, 6.45) is 11.0. The van der Waals surface area contributed by atoms with Crippen molar-refractivity contribution >= 4 is 11.9 Å². The van der Waals surface area contributed by atoms with Crippen LogP contribution in [0.3, 0.4) is 0 Å². The fourth-order valence-corrected chi connectivity index (χ4v) is 4.39. The first-order chi connectivity index (χ1) is 12.5. The van der Waals surface area contributed by atoms with Crippen molar-refractivity contribution in [3.05, 3.63) is 0 Å². The number of nitrogens with zero attached hydrogens (tertiary/aromatic N) is 1. The lowest BCUT2D eigenvalue weighted by Gasteiger charge is -2.30. The van der Waals surface area contributed by atoms with Gasteiger partial charge in [-0.25, -0.2) is 5.43 Å². The highest BCUT2D eigenvalue weighted by molar-refractivity contribution is 5.75. The molecule has 2 saturated heterocycles. The van der Waals surface area contributed by atoms with Gasteiger partial charge in [0.1, 0.15) is 0 Å². The molecule has 0 aliphatic carbocycles. The van der Waals surface area contributed by atoms with E-state index in [-0.39, 0.29) is 12.3 Å². The third kappa shape index (κ3) is 6.23. The first-order valence-electron chi connectivity index (χ1n) is 10.4. The Morgan fingerprint density at radius 3 is 2.42 bits per heavy atom. The monoisotopic (exact) mass is 368 g/mol. The number of carbonyl (C=O) groups is 2. The Hall–Kier alpha value is -1.14. The van der Waals surface area contributed by atoms with E-state index in [1.165, 1.54) is 0 Å². The van der Waals surface area contributed by atoms with Crippen LogP contribution >= 0.6 is 0 Å². The summed E-state index contributed by atoms with van der Waals surface area (Å²) in [4.78, 5) is 22.6. The molecule has 4 unspecified atom stereocenters. The number of amides is 1. The summed E-state index contributed by atoms with van der Waals surface area (Å²) in [7, 11) is 1.82. The lowest BCUT2D eigenvalue weighted by Crippen LogP contribution is -2.45. The Labute approximate surface area is 157 Å². The summed E-state index contributed by atoms with van der Waals surface area (Å²) < 4.78 is 6.14. The zero-order valence-electron chi connectivity index (χ0n) is 16.4. The molecule has 0 aromatic carbocycles. The Bertz CT molecular complexity index is 457. The summed E-state index contributed by atoms with van der Waals surface area (Å²) >= 11 is 0. The molecule has 2 aliphatic heterocycles. The van der Waals surface area contributed by atoms with Crippen molar-refractivity contribution in [3.63, 3.8) is 0 Å². The fourth-order valence-electron chi connectivity index (χ4n) is 4.39. The third-order valence-corrected chi connectivity index (χ3v) is 5.95.